The molecule has 0 saturated carbocycles. The van der Waals surface area contributed by atoms with Crippen LogP contribution < -0.4 is 10.6 Å². The zero-order valence-electron chi connectivity index (χ0n) is 19.8. The number of nitrogens with zero attached hydrogens (tertiary/aromatic N) is 3. The number of amides is 1. The van der Waals surface area contributed by atoms with Crippen molar-refractivity contribution in [2.24, 2.45) is 7.05 Å². The first kappa shape index (κ1) is 24.7. The van der Waals surface area contributed by atoms with E-state index in [1.54, 1.807) is 4.68 Å². The third-order valence-electron chi connectivity index (χ3n) is 5.39. The monoisotopic (exact) mass is 453 g/mol. The molecule has 0 radical (unpaired) electrons. The third kappa shape index (κ3) is 7.88. The molecule has 0 spiro atoms. The molecule has 34 heavy (non-hydrogen) atoms. The van der Waals surface area contributed by atoms with Crippen LogP contribution in [0.5, 0.6) is 0 Å². The molecular formula is C28H31N5O. The van der Waals surface area contributed by atoms with Gasteiger partial charge in [0.1, 0.15) is 0 Å². The van der Waals surface area contributed by atoms with Gasteiger partial charge in [0.05, 0.1) is 24.3 Å². The highest BCUT2D eigenvalue weighted by Gasteiger charge is 2.07. The maximum atomic E-state index is 12.0. The summed E-state index contributed by atoms with van der Waals surface area (Å²) in [5, 5.41) is 18.7. The van der Waals surface area contributed by atoms with Crippen LogP contribution in [0.2, 0.25) is 0 Å². The highest BCUT2D eigenvalue weighted by Crippen LogP contribution is 2.21. The van der Waals surface area contributed by atoms with Crippen molar-refractivity contribution in [2.75, 3.05) is 18.9 Å². The largest absolute Gasteiger partial charge is 0.326 e. The maximum absolute atomic E-state index is 12.0. The number of anilines is 1. The summed E-state index contributed by atoms with van der Waals surface area (Å²) in [7, 11) is 3.83. The minimum absolute atomic E-state index is 0.0203. The zero-order chi connectivity index (χ0) is 24.2. The van der Waals surface area contributed by atoms with E-state index < -0.39 is 0 Å². The molecule has 0 bridgehead atoms. The second-order valence-electron chi connectivity index (χ2n) is 8.13. The number of rotatable bonds is 7. The number of carbonyl (C=O) groups excluding carboxylic acids is 1. The lowest BCUT2D eigenvalue weighted by Gasteiger charge is -2.08. The first-order valence-corrected chi connectivity index (χ1v) is 11.5. The molecule has 4 rings (SSSR count). The summed E-state index contributed by atoms with van der Waals surface area (Å²) in [5.41, 5.74) is 6.06. The van der Waals surface area contributed by atoms with E-state index in [4.69, 9.17) is 5.26 Å². The van der Waals surface area contributed by atoms with E-state index in [2.05, 4.69) is 34.0 Å². The Morgan fingerprint density at radius 2 is 1.85 bits per heavy atom. The van der Waals surface area contributed by atoms with Gasteiger partial charge >= 0.3 is 0 Å². The van der Waals surface area contributed by atoms with Gasteiger partial charge in [0, 0.05) is 24.5 Å². The Morgan fingerprint density at radius 1 is 1.09 bits per heavy atom. The van der Waals surface area contributed by atoms with Gasteiger partial charge in [-0.3, -0.25) is 9.48 Å². The van der Waals surface area contributed by atoms with Crippen molar-refractivity contribution in [3.8, 4) is 17.2 Å². The van der Waals surface area contributed by atoms with Gasteiger partial charge in [0.15, 0.2) is 0 Å². The molecule has 2 N–H and O–H groups in total. The second kappa shape index (κ2) is 12.9. The summed E-state index contributed by atoms with van der Waals surface area (Å²) in [6, 6.07) is 17.6. The first-order chi connectivity index (χ1) is 16.6. The van der Waals surface area contributed by atoms with Crippen molar-refractivity contribution in [3.63, 3.8) is 0 Å². The number of benzene rings is 2. The Balaban J connectivity index is 0.000000229. The summed E-state index contributed by atoms with van der Waals surface area (Å²) in [5.74, 6) is 0.0203. The molecule has 0 atom stereocenters. The molecule has 174 valence electrons. The SMILES string of the molecule is CNCCc1ccc(C#N)cc1.Cn1cc(-c2ccc(NC(=O)CC3=CCCC=C3)cc2)cn1. The minimum atomic E-state index is 0.0203. The Hall–Kier alpha value is -3.95. The number of hydrogen-bond donors (Lipinski definition) is 2. The average Bonchev–Trinajstić information content (AvgIpc) is 3.30. The van der Waals surface area contributed by atoms with E-state index in [1.807, 2.05) is 81.1 Å². The van der Waals surface area contributed by atoms with Gasteiger partial charge in [-0.25, -0.2) is 0 Å². The van der Waals surface area contributed by atoms with Crippen molar-refractivity contribution < 1.29 is 4.79 Å². The summed E-state index contributed by atoms with van der Waals surface area (Å²) in [6.07, 6.45) is 13.6. The molecule has 0 aliphatic heterocycles. The Labute approximate surface area is 201 Å². The van der Waals surface area contributed by atoms with Gasteiger partial charge in [0.25, 0.3) is 0 Å². The number of hydrogen-bond acceptors (Lipinski definition) is 4. The van der Waals surface area contributed by atoms with Crippen molar-refractivity contribution in [3.05, 3.63) is 95.9 Å². The standard InChI is InChI=1S/C18H19N3O.C10H12N2/c1-21-13-16(12-19-21)15-7-9-17(10-8-15)20-18(22)11-14-5-3-2-4-6-14;1-12-7-6-9-2-4-10(8-11)5-3-9/h3,5-10,12-13H,2,4,11H2,1H3,(H,20,22);2-5,12H,6-7H2,1H3. The normalized spacial score (nSPS) is 12.2. The number of aromatic nitrogens is 2. The second-order valence-corrected chi connectivity index (χ2v) is 8.13. The van der Waals surface area contributed by atoms with Crippen LogP contribution in [0.1, 0.15) is 30.4 Å². The van der Waals surface area contributed by atoms with Crippen LogP contribution in [0.25, 0.3) is 11.1 Å². The number of nitriles is 1. The van der Waals surface area contributed by atoms with E-state index in [-0.39, 0.29) is 5.91 Å². The zero-order valence-corrected chi connectivity index (χ0v) is 19.8. The van der Waals surface area contributed by atoms with Gasteiger partial charge < -0.3 is 10.6 Å². The molecule has 1 aliphatic carbocycles. The van der Waals surface area contributed by atoms with Crippen molar-refractivity contribution in [1.29, 1.82) is 5.26 Å². The van der Waals surface area contributed by atoms with Gasteiger partial charge in [-0.2, -0.15) is 10.4 Å². The fourth-order valence-corrected chi connectivity index (χ4v) is 3.52. The molecule has 0 fully saturated rings. The molecule has 6 nitrogen and oxygen atoms in total. The van der Waals surface area contributed by atoms with Crippen LogP contribution in [0.3, 0.4) is 0 Å². The molecule has 1 heterocycles. The van der Waals surface area contributed by atoms with Crippen molar-refractivity contribution >= 4 is 11.6 Å². The Kier molecular flexibility index (Phi) is 9.39. The van der Waals surface area contributed by atoms with Gasteiger partial charge in [-0.1, -0.05) is 42.5 Å². The van der Waals surface area contributed by atoms with E-state index in [0.717, 1.165) is 53.8 Å². The highest BCUT2D eigenvalue weighted by atomic mass is 16.1. The molecule has 1 aliphatic rings. The molecule has 2 aromatic carbocycles. The van der Waals surface area contributed by atoms with Gasteiger partial charge in [-0.15, -0.1) is 0 Å². The number of carbonyl (C=O) groups is 1. The highest BCUT2D eigenvalue weighted by molar-refractivity contribution is 5.92. The van der Waals surface area contributed by atoms with Crippen LogP contribution >= 0.6 is 0 Å². The maximum Gasteiger partial charge on any atom is 0.228 e. The summed E-state index contributed by atoms with van der Waals surface area (Å²) < 4.78 is 1.77. The fourth-order valence-electron chi connectivity index (χ4n) is 3.52. The van der Waals surface area contributed by atoms with Crippen LogP contribution in [-0.2, 0) is 18.3 Å². The van der Waals surface area contributed by atoms with E-state index >= 15 is 0 Å². The first-order valence-electron chi connectivity index (χ1n) is 11.5. The summed E-state index contributed by atoms with van der Waals surface area (Å²) in [4.78, 5) is 12.0. The van der Waals surface area contributed by atoms with Gasteiger partial charge in [-0.05, 0) is 73.8 Å². The molecule has 1 aromatic heterocycles. The predicted molar refractivity (Wildman–Crippen MR) is 137 cm³/mol. The number of likely N-dealkylation sites (N-methyl/N-ethyl adjacent to an activating group) is 1. The predicted octanol–water partition coefficient (Wildman–Crippen LogP) is 5.01. The topological polar surface area (TPSA) is 82.7 Å². The van der Waals surface area contributed by atoms with Crippen LogP contribution in [-0.4, -0.2) is 29.3 Å². The van der Waals surface area contributed by atoms with E-state index in [9.17, 15) is 4.79 Å². The quantitative estimate of drug-likeness (QED) is 0.527. The van der Waals surface area contributed by atoms with Crippen LogP contribution in [0, 0.1) is 11.3 Å². The number of aryl methyl sites for hydroxylation is 1. The lowest BCUT2D eigenvalue weighted by molar-refractivity contribution is -0.115. The summed E-state index contributed by atoms with van der Waals surface area (Å²) in [6.45, 7) is 0.978. The van der Waals surface area contributed by atoms with Crippen molar-refractivity contribution in [2.45, 2.75) is 25.7 Å². The molecule has 6 heteroatoms. The van der Waals surface area contributed by atoms with Crippen LogP contribution in [0.15, 0.2) is 84.7 Å². The van der Waals surface area contributed by atoms with E-state index in [0.29, 0.717) is 6.42 Å². The van der Waals surface area contributed by atoms with Crippen molar-refractivity contribution in [1.82, 2.24) is 15.1 Å². The average molecular weight is 454 g/mol. The molecule has 3 aromatic rings. The Morgan fingerprint density at radius 3 is 2.44 bits per heavy atom. The number of nitrogens with one attached hydrogen (secondary N) is 2. The van der Waals surface area contributed by atoms with E-state index in [1.165, 1.54) is 5.56 Å². The molecular weight excluding hydrogens is 422 g/mol. The Bertz CT molecular complexity index is 1160. The molecule has 0 unspecified atom stereocenters. The third-order valence-corrected chi connectivity index (χ3v) is 5.39. The molecule has 0 saturated heterocycles. The minimum Gasteiger partial charge on any atom is -0.326 e. The number of allylic oxidation sites excluding steroid dienone is 3. The lowest BCUT2D eigenvalue weighted by atomic mass is 10.0. The van der Waals surface area contributed by atoms with Gasteiger partial charge in [0.2, 0.25) is 5.91 Å². The lowest BCUT2D eigenvalue weighted by Crippen LogP contribution is -2.12. The summed E-state index contributed by atoms with van der Waals surface area (Å²) >= 11 is 0. The fraction of sp³-hybridized carbons (Fsp3) is 0.250. The van der Waals surface area contributed by atoms with Crippen LogP contribution in [0.4, 0.5) is 5.69 Å². The smallest absolute Gasteiger partial charge is 0.228 e. The molecule has 1 amide bonds.